The van der Waals surface area contributed by atoms with Gasteiger partial charge in [0.2, 0.25) is 0 Å². The highest BCUT2D eigenvalue weighted by Gasteiger charge is 2.52. The second kappa shape index (κ2) is 12.7. The summed E-state index contributed by atoms with van der Waals surface area (Å²) in [6.45, 7) is 4.79. The maximum atomic E-state index is 5.79. The average Bonchev–Trinajstić information content (AvgIpc) is 3.88. The van der Waals surface area contributed by atoms with Gasteiger partial charge in [0.15, 0.2) is 13.9 Å². The molecule has 0 saturated carbocycles. The van der Waals surface area contributed by atoms with E-state index in [1.165, 1.54) is 70.4 Å². The molecular formula is C55H39N3Si. The summed E-state index contributed by atoms with van der Waals surface area (Å²) in [6, 6.07) is 73.4. The zero-order valence-corrected chi connectivity index (χ0v) is 33.9. The Labute approximate surface area is 345 Å². The SMILES string of the molecule is CC1(C)c2ccccc2-c2ccc3c4ccccc4n(-c4ccccc4-c4nc(-c5ccccc5)nc5c4[Si](c4ccccc4)(c4ccccc4)c4ccccc4-5)c3c21. The summed E-state index contributed by atoms with van der Waals surface area (Å²) in [4.78, 5) is 11.4. The minimum absolute atomic E-state index is 0.215. The number of fused-ring (bicyclic) bond motifs is 10. The molecule has 10 aromatic rings. The first-order valence-corrected chi connectivity index (χ1v) is 22.5. The van der Waals surface area contributed by atoms with Crippen molar-refractivity contribution in [3.8, 4) is 50.7 Å². The van der Waals surface area contributed by atoms with Gasteiger partial charge in [-0.05, 0) is 49.9 Å². The Balaban J connectivity index is 1.25. The summed E-state index contributed by atoms with van der Waals surface area (Å²) in [5.41, 5.74) is 14.0. The summed E-state index contributed by atoms with van der Waals surface area (Å²) in [5, 5.41) is 7.73. The van der Waals surface area contributed by atoms with Crippen molar-refractivity contribution in [2.45, 2.75) is 19.3 Å². The minimum atomic E-state index is -3.01. The minimum Gasteiger partial charge on any atom is -0.308 e. The summed E-state index contributed by atoms with van der Waals surface area (Å²) in [7, 11) is -3.01. The molecule has 2 aliphatic rings. The Hall–Kier alpha value is -7.14. The highest BCUT2D eigenvalue weighted by Crippen LogP contribution is 2.53. The molecule has 0 N–H and O–H groups in total. The molecule has 3 nitrogen and oxygen atoms in total. The van der Waals surface area contributed by atoms with Crippen LogP contribution in [0.2, 0.25) is 0 Å². The van der Waals surface area contributed by atoms with Gasteiger partial charge in [0.1, 0.15) is 0 Å². The van der Waals surface area contributed by atoms with E-state index in [2.05, 4.69) is 219 Å². The Morgan fingerprint density at radius 3 is 1.75 bits per heavy atom. The lowest BCUT2D eigenvalue weighted by Crippen LogP contribution is -2.73. The first-order valence-electron chi connectivity index (χ1n) is 20.5. The highest BCUT2D eigenvalue weighted by molar-refractivity contribution is 7.22. The molecule has 1 aliphatic carbocycles. The van der Waals surface area contributed by atoms with E-state index in [0.29, 0.717) is 0 Å². The quantitative estimate of drug-likeness (QED) is 0.163. The Bertz CT molecular complexity index is 3250. The van der Waals surface area contributed by atoms with Gasteiger partial charge >= 0.3 is 0 Å². The number of rotatable bonds is 5. The van der Waals surface area contributed by atoms with Gasteiger partial charge in [-0.25, -0.2) is 9.97 Å². The molecule has 0 bridgehead atoms. The fourth-order valence-corrected chi connectivity index (χ4v) is 15.9. The molecule has 0 spiro atoms. The predicted molar refractivity (Wildman–Crippen MR) is 247 cm³/mol. The predicted octanol–water partition coefficient (Wildman–Crippen LogP) is 10.6. The molecule has 8 aromatic carbocycles. The first-order chi connectivity index (χ1) is 29.1. The van der Waals surface area contributed by atoms with Crippen LogP contribution in [0.15, 0.2) is 200 Å². The molecule has 0 atom stereocenters. The van der Waals surface area contributed by atoms with E-state index in [9.17, 15) is 0 Å². The average molecular weight is 770 g/mol. The number of para-hydroxylation sites is 2. The standard InChI is InChI=1S/C55H39N3Si/c1-55(2)45-30-16-12-26-39(45)41-34-35-42-40-27-13-17-31-46(40)58(52(42)49(41)55)47-32-18-14-28-43(47)50-53-51(57-54(56-50)36-20-6-3-7-21-36)44-29-15-19-33-48(44)59(53,37-22-8-4-9-23-37)38-24-10-5-11-25-38/h3-35H,1-2H3. The summed E-state index contributed by atoms with van der Waals surface area (Å²) < 4.78 is 2.56. The Kier molecular flexibility index (Phi) is 7.29. The van der Waals surface area contributed by atoms with Crippen LogP contribution in [0.3, 0.4) is 0 Å². The van der Waals surface area contributed by atoms with Crippen LogP contribution in [-0.4, -0.2) is 22.6 Å². The third kappa shape index (κ3) is 4.63. The molecule has 0 radical (unpaired) electrons. The lowest BCUT2D eigenvalue weighted by atomic mass is 9.81. The van der Waals surface area contributed by atoms with Crippen molar-refractivity contribution < 1.29 is 0 Å². The molecule has 1 aliphatic heterocycles. The first kappa shape index (κ1) is 33.9. The molecule has 278 valence electrons. The van der Waals surface area contributed by atoms with Crippen LogP contribution in [0.4, 0.5) is 0 Å². The van der Waals surface area contributed by atoms with Crippen LogP contribution in [0.1, 0.15) is 25.0 Å². The van der Waals surface area contributed by atoms with Gasteiger partial charge in [0.25, 0.3) is 0 Å². The highest BCUT2D eigenvalue weighted by atomic mass is 28.3. The molecule has 12 rings (SSSR count). The van der Waals surface area contributed by atoms with E-state index in [0.717, 1.165) is 34.0 Å². The largest absolute Gasteiger partial charge is 0.308 e. The van der Waals surface area contributed by atoms with Crippen molar-refractivity contribution in [3.63, 3.8) is 0 Å². The Morgan fingerprint density at radius 1 is 0.458 bits per heavy atom. The van der Waals surface area contributed by atoms with Crippen molar-refractivity contribution >= 4 is 50.6 Å². The molecule has 2 aromatic heterocycles. The van der Waals surface area contributed by atoms with Gasteiger partial charge in [-0.2, -0.15) is 0 Å². The van der Waals surface area contributed by atoms with Crippen molar-refractivity contribution in [2.24, 2.45) is 0 Å². The van der Waals surface area contributed by atoms with E-state index >= 15 is 0 Å². The summed E-state index contributed by atoms with van der Waals surface area (Å²) >= 11 is 0. The van der Waals surface area contributed by atoms with E-state index in [1.807, 2.05) is 0 Å². The van der Waals surface area contributed by atoms with Crippen molar-refractivity contribution in [2.75, 3.05) is 0 Å². The fourth-order valence-electron chi connectivity index (χ4n) is 10.6. The van der Waals surface area contributed by atoms with Gasteiger partial charge < -0.3 is 4.57 Å². The van der Waals surface area contributed by atoms with Crippen LogP contribution in [0, 0.1) is 0 Å². The van der Waals surface area contributed by atoms with E-state index in [4.69, 9.17) is 9.97 Å². The van der Waals surface area contributed by atoms with Crippen molar-refractivity contribution in [1.82, 2.24) is 14.5 Å². The number of hydrogen-bond acceptors (Lipinski definition) is 2. The monoisotopic (exact) mass is 769 g/mol. The molecule has 59 heavy (non-hydrogen) atoms. The van der Waals surface area contributed by atoms with Crippen LogP contribution in [0.25, 0.3) is 72.5 Å². The maximum Gasteiger partial charge on any atom is 0.185 e. The topological polar surface area (TPSA) is 30.7 Å². The van der Waals surface area contributed by atoms with Gasteiger partial charge in [0.05, 0.1) is 28.1 Å². The van der Waals surface area contributed by atoms with Gasteiger partial charge in [-0.3, -0.25) is 0 Å². The second-order valence-corrected chi connectivity index (χ2v) is 20.1. The Morgan fingerprint density at radius 2 is 1.02 bits per heavy atom. The second-order valence-electron chi connectivity index (χ2n) is 16.4. The molecule has 0 saturated heterocycles. The van der Waals surface area contributed by atoms with Crippen LogP contribution >= 0.6 is 0 Å². The fraction of sp³-hybridized carbons (Fsp3) is 0.0545. The van der Waals surface area contributed by atoms with Gasteiger partial charge in [0, 0.05) is 38.1 Å². The van der Waals surface area contributed by atoms with E-state index in [-0.39, 0.29) is 5.41 Å². The molecule has 3 heterocycles. The normalized spacial score (nSPS) is 14.2. The number of benzene rings is 8. The van der Waals surface area contributed by atoms with Gasteiger partial charge in [-0.1, -0.05) is 202 Å². The zero-order chi connectivity index (χ0) is 39.3. The lowest BCUT2D eigenvalue weighted by molar-refractivity contribution is 0.664. The number of aromatic nitrogens is 3. The third-order valence-corrected chi connectivity index (χ3v) is 17.9. The van der Waals surface area contributed by atoms with Gasteiger partial charge in [-0.15, -0.1) is 0 Å². The zero-order valence-electron chi connectivity index (χ0n) is 32.9. The number of hydrogen-bond donors (Lipinski definition) is 0. The summed E-state index contributed by atoms with van der Waals surface area (Å²) in [6.07, 6.45) is 0. The molecule has 0 unspecified atom stereocenters. The third-order valence-electron chi connectivity index (χ3n) is 13.1. The van der Waals surface area contributed by atoms with Crippen LogP contribution < -0.4 is 20.7 Å². The maximum absolute atomic E-state index is 5.79. The molecule has 4 heteroatoms. The van der Waals surface area contributed by atoms with Crippen molar-refractivity contribution in [3.05, 3.63) is 211 Å². The van der Waals surface area contributed by atoms with Crippen LogP contribution in [-0.2, 0) is 5.41 Å². The molecular weight excluding hydrogens is 731 g/mol. The number of nitrogens with zero attached hydrogens (tertiary/aromatic N) is 3. The van der Waals surface area contributed by atoms with Crippen molar-refractivity contribution in [1.29, 1.82) is 0 Å². The lowest BCUT2D eigenvalue weighted by Gasteiger charge is -2.32. The molecule has 0 fully saturated rings. The molecule has 0 amide bonds. The van der Waals surface area contributed by atoms with Crippen LogP contribution in [0.5, 0.6) is 0 Å². The smallest absolute Gasteiger partial charge is 0.185 e. The van der Waals surface area contributed by atoms with E-state index in [1.54, 1.807) is 0 Å². The van der Waals surface area contributed by atoms with E-state index < -0.39 is 8.07 Å². The summed E-state index contributed by atoms with van der Waals surface area (Å²) in [5.74, 6) is 0.731.